The van der Waals surface area contributed by atoms with Gasteiger partial charge in [-0.15, -0.1) is 11.3 Å². The van der Waals surface area contributed by atoms with Crippen LogP contribution < -0.4 is 4.90 Å². The second-order valence-corrected chi connectivity index (χ2v) is 6.39. The molecule has 2 nitrogen and oxygen atoms in total. The Morgan fingerprint density at radius 3 is 2.68 bits per heavy atom. The van der Waals surface area contributed by atoms with Crippen molar-refractivity contribution in [3.8, 4) is 0 Å². The van der Waals surface area contributed by atoms with Crippen molar-refractivity contribution in [2.75, 3.05) is 11.9 Å². The molecule has 102 valence electrons. The fourth-order valence-electron chi connectivity index (χ4n) is 1.85. The predicted molar refractivity (Wildman–Crippen MR) is 81.2 cm³/mol. The van der Waals surface area contributed by atoms with Crippen LogP contribution in [0.15, 0.2) is 34.1 Å². The molecule has 0 saturated carbocycles. The van der Waals surface area contributed by atoms with Crippen molar-refractivity contribution >= 4 is 33.0 Å². The lowest BCUT2D eigenvalue weighted by Gasteiger charge is -2.20. The maximum absolute atomic E-state index is 14.0. The van der Waals surface area contributed by atoms with Crippen LogP contribution in [0.4, 0.5) is 10.1 Å². The predicted octanol–water partition coefficient (Wildman–Crippen LogP) is 4.34. The third-order valence-corrected chi connectivity index (χ3v) is 4.56. The molecule has 1 N–H and O–H groups in total. The number of halogens is 2. The summed E-state index contributed by atoms with van der Waals surface area (Å²) in [6, 6.07) is 6.88. The summed E-state index contributed by atoms with van der Waals surface area (Å²) in [6.45, 7) is 2.28. The van der Waals surface area contributed by atoms with E-state index < -0.39 is 6.10 Å². The van der Waals surface area contributed by atoms with Gasteiger partial charge in [-0.3, -0.25) is 0 Å². The highest BCUT2D eigenvalue weighted by atomic mass is 79.9. The molecule has 0 saturated heterocycles. The van der Waals surface area contributed by atoms with Gasteiger partial charge in [0.15, 0.2) is 0 Å². The van der Waals surface area contributed by atoms with Gasteiger partial charge < -0.3 is 10.0 Å². The van der Waals surface area contributed by atoms with Gasteiger partial charge in [-0.2, -0.15) is 0 Å². The van der Waals surface area contributed by atoms with Crippen LogP contribution in [0, 0.1) is 5.82 Å². The Balaban J connectivity index is 2.17. The Labute approximate surface area is 124 Å². The van der Waals surface area contributed by atoms with Crippen molar-refractivity contribution in [3.63, 3.8) is 0 Å². The van der Waals surface area contributed by atoms with Crippen LogP contribution in [-0.4, -0.2) is 12.2 Å². The summed E-state index contributed by atoms with van der Waals surface area (Å²) in [5.74, 6) is -0.309. The molecular weight excluding hydrogens is 329 g/mol. The first-order valence-electron chi connectivity index (χ1n) is 5.89. The molecule has 1 heterocycles. The molecule has 0 fully saturated rings. The number of aliphatic hydroxyl groups excluding tert-OH is 1. The second kappa shape index (κ2) is 6.03. The fraction of sp³-hybridized carbons (Fsp3) is 0.286. The van der Waals surface area contributed by atoms with E-state index in [4.69, 9.17) is 0 Å². The summed E-state index contributed by atoms with van der Waals surface area (Å²) < 4.78 is 15.1. The molecule has 0 aliphatic heterocycles. The zero-order valence-corrected chi connectivity index (χ0v) is 13.1. The van der Waals surface area contributed by atoms with E-state index in [-0.39, 0.29) is 5.82 Å². The van der Waals surface area contributed by atoms with Gasteiger partial charge in [-0.05, 0) is 46.6 Å². The lowest BCUT2D eigenvalue weighted by atomic mass is 10.1. The van der Waals surface area contributed by atoms with Crippen molar-refractivity contribution in [2.45, 2.75) is 19.6 Å². The third-order valence-electron chi connectivity index (χ3n) is 2.88. The molecule has 1 aromatic heterocycles. The van der Waals surface area contributed by atoms with Gasteiger partial charge in [0.05, 0.1) is 18.3 Å². The molecule has 0 spiro atoms. The van der Waals surface area contributed by atoms with E-state index in [1.54, 1.807) is 30.4 Å². The van der Waals surface area contributed by atoms with Crippen molar-refractivity contribution in [1.29, 1.82) is 0 Å². The average molecular weight is 344 g/mol. The minimum atomic E-state index is -0.651. The van der Waals surface area contributed by atoms with Gasteiger partial charge >= 0.3 is 0 Å². The molecule has 2 aromatic rings. The van der Waals surface area contributed by atoms with Crippen molar-refractivity contribution in [3.05, 3.63) is 50.4 Å². The molecule has 0 amide bonds. The van der Waals surface area contributed by atoms with Crippen LogP contribution in [0.1, 0.15) is 23.5 Å². The van der Waals surface area contributed by atoms with Crippen LogP contribution in [0.2, 0.25) is 0 Å². The van der Waals surface area contributed by atoms with Gasteiger partial charge in [0.25, 0.3) is 0 Å². The van der Waals surface area contributed by atoms with Crippen LogP contribution in [0.25, 0.3) is 0 Å². The Morgan fingerprint density at radius 1 is 1.42 bits per heavy atom. The molecule has 0 aliphatic carbocycles. The third kappa shape index (κ3) is 3.55. The molecule has 1 aromatic carbocycles. The number of anilines is 1. The van der Waals surface area contributed by atoms with Crippen LogP contribution in [-0.2, 0) is 6.54 Å². The monoisotopic (exact) mass is 343 g/mol. The summed E-state index contributed by atoms with van der Waals surface area (Å²) in [5, 5.41) is 11.4. The first-order valence-corrected chi connectivity index (χ1v) is 7.56. The molecule has 1 atom stereocenters. The quantitative estimate of drug-likeness (QED) is 0.892. The van der Waals surface area contributed by atoms with Gasteiger partial charge in [0, 0.05) is 21.8 Å². The van der Waals surface area contributed by atoms with Crippen molar-refractivity contribution in [1.82, 2.24) is 0 Å². The van der Waals surface area contributed by atoms with Crippen molar-refractivity contribution in [2.24, 2.45) is 0 Å². The highest BCUT2D eigenvalue weighted by Crippen LogP contribution is 2.26. The van der Waals surface area contributed by atoms with Crippen LogP contribution in [0.3, 0.4) is 0 Å². The minimum Gasteiger partial charge on any atom is -0.389 e. The summed E-state index contributed by atoms with van der Waals surface area (Å²) >= 11 is 5.04. The Hall–Kier alpha value is -0.910. The number of nitrogens with zero attached hydrogens (tertiary/aromatic N) is 1. The number of rotatable bonds is 4. The van der Waals surface area contributed by atoms with E-state index in [0.717, 1.165) is 9.35 Å². The van der Waals surface area contributed by atoms with Crippen LogP contribution in [0.5, 0.6) is 0 Å². The maximum Gasteiger partial charge on any atom is 0.146 e. The fourth-order valence-corrected chi connectivity index (χ4v) is 3.35. The Morgan fingerprint density at radius 2 is 2.16 bits per heavy atom. The van der Waals surface area contributed by atoms with Crippen molar-refractivity contribution < 1.29 is 9.50 Å². The van der Waals surface area contributed by atoms with Gasteiger partial charge in [-0.25, -0.2) is 4.39 Å². The number of hydrogen-bond donors (Lipinski definition) is 1. The molecular formula is C14H15BrFNOS. The van der Waals surface area contributed by atoms with Gasteiger partial charge in [0.1, 0.15) is 5.82 Å². The number of thiophene rings is 1. The topological polar surface area (TPSA) is 23.5 Å². The lowest BCUT2D eigenvalue weighted by Crippen LogP contribution is -2.17. The smallest absolute Gasteiger partial charge is 0.146 e. The summed E-state index contributed by atoms with van der Waals surface area (Å²) in [7, 11) is 1.86. The number of hydrogen-bond acceptors (Lipinski definition) is 3. The first kappa shape index (κ1) is 14.5. The zero-order valence-electron chi connectivity index (χ0n) is 10.7. The van der Waals surface area contributed by atoms with E-state index in [1.807, 2.05) is 23.4 Å². The first-order chi connectivity index (χ1) is 8.97. The van der Waals surface area contributed by atoms with E-state index in [9.17, 15) is 9.50 Å². The zero-order chi connectivity index (χ0) is 14.0. The highest BCUT2D eigenvalue weighted by Gasteiger charge is 2.11. The van der Waals surface area contributed by atoms with E-state index >= 15 is 0 Å². The molecule has 5 heteroatoms. The van der Waals surface area contributed by atoms with Gasteiger partial charge in [-0.1, -0.05) is 6.07 Å². The molecule has 0 unspecified atom stereocenters. The van der Waals surface area contributed by atoms with E-state index in [1.165, 1.54) is 6.07 Å². The Kier molecular flexibility index (Phi) is 4.60. The molecule has 19 heavy (non-hydrogen) atoms. The normalized spacial score (nSPS) is 12.5. The molecule has 0 aliphatic rings. The number of benzene rings is 1. The SMILES string of the molecule is C[C@@H](O)c1ccc(N(C)Cc2cc(Br)cs2)c(F)c1. The van der Waals surface area contributed by atoms with Crippen LogP contribution >= 0.6 is 27.3 Å². The second-order valence-electron chi connectivity index (χ2n) is 4.47. The molecule has 0 radical (unpaired) electrons. The number of aliphatic hydroxyl groups is 1. The largest absolute Gasteiger partial charge is 0.389 e. The summed E-state index contributed by atoms with van der Waals surface area (Å²) in [6.07, 6.45) is -0.651. The molecule has 2 rings (SSSR count). The van der Waals surface area contributed by atoms with Gasteiger partial charge in [0.2, 0.25) is 0 Å². The Bertz CT molecular complexity index is 570. The molecule has 0 bridgehead atoms. The standard InChI is InChI=1S/C14H15BrFNOS/c1-9(18)10-3-4-14(13(16)5-10)17(2)7-12-6-11(15)8-19-12/h3-6,8-9,18H,7H2,1-2H3/t9-/m1/s1. The maximum atomic E-state index is 14.0. The summed E-state index contributed by atoms with van der Waals surface area (Å²) in [5.41, 5.74) is 1.13. The minimum absolute atomic E-state index is 0.309. The lowest BCUT2D eigenvalue weighted by molar-refractivity contribution is 0.199. The average Bonchev–Trinajstić information content (AvgIpc) is 2.74. The van der Waals surface area contributed by atoms with E-state index in [0.29, 0.717) is 17.8 Å². The highest BCUT2D eigenvalue weighted by molar-refractivity contribution is 9.10. The summed E-state index contributed by atoms with van der Waals surface area (Å²) in [4.78, 5) is 3.02. The van der Waals surface area contributed by atoms with E-state index in [2.05, 4.69) is 15.9 Å².